The fourth-order valence-corrected chi connectivity index (χ4v) is 4.06. The molecule has 1 aromatic carbocycles. The normalized spacial score (nSPS) is 21.2. The Morgan fingerprint density at radius 3 is 2.53 bits per heavy atom. The van der Waals surface area contributed by atoms with Crippen LogP contribution in [0, 0.1) is 0 Å². The van der Waals surface area contributed by atoms with Crippen LogP contribution in [-0.2, 0) is 9.84 Å². The molecule has 0 saturated carbocycles. The minimum absolute atomic E-state index is 0.116. The van der Waals surface area contributed by atoms with Crippen molar-refractivity contribution < 1.29 is 13.2 Å². The highest BCUT2D eigenvalue weighted by molar-refractivity contribution is 7.92. The van der Waals surface area contributed by atoms with Gasteiger partial charge in [-0.1, -0.05) is 6.92 Å². The first kappa shape index (κ1) is 14.1. The molecule has 1 unspecified atom stereocenters. The summed E-state index contributed by atoms with van der Waals surface area (Å²) in [7, 11) is -2.90. The summed E-state index contributed by atoms with van der Waals surface area (Å²) in [6, 6.07) is 7.20. The van der Waals surface area contributed by atoms with Crippen LogP contribution in [0.5, 0.6) is 0 Å². The molecule has 0 aromatic heterocycles. The van der Waals surface area contributed by atoms with Gasteiger partial charge in [0.05, 0.1) is 11.0 Å². The Morgan fingerprint density at radius 2 is 2.00 bits per heavy atom. The van der Waals surface area contributed by atoms with Crippen molar-refractivity contribution in [2.75, 3.05) is 17.6 Å². The third-order valence-electron chi connectivity index (χ3n) is 3.52. The van der Waals surface area contributed by atoms with Gasteiger partial charge in [0.15, 0.2) is 15.6 Å². The lowest BCUT2D eigenvalue weighted by atomic mass is 10.1. The third kappa shape index (κ3) is 3.35. The molecule has 0 aliphatic carbocycles. The quantitative estimate of drug-likeness (QED) is 0.841. The molecule has 0 radical (unpaired) electrons. The maximum absolute atomic E-state index is 11.7. The van der Waals surface area contributed by atoms with E-state index in [1.165, 1.54) is 0 Å². The second-order valence-corrected chi connectivity index (χ2v) is 7.27. The van der Waals surface area contributed by atoms with E-state index in [1.54, 1.807) is 12.1 Å². The molecule has 1 saturated heterocycles. The van der Waals surface area contributed by atoms with Gasteiger partial charge in [0.25, 0.3) is 0 Å². The molecule has 4 nitrogen and oxygen atoms in total. The molecule has 1 N–H and O–H groups in total. The van der Waals surface area contributed by atoms with Crippen LogP contribution in [-0.4, -0.2) is 31.7 Å². The summed E-state index contributed by atoms with van der Waals surface area (Å²) in [5.74, 6) is 0.424. The number of hydrogen-bond acceptors (Lipinski definition) is 4. The standard InChI is InChI=1S/C14H19NO3S/c1-2-14(16)11-5-7-12(8-6-11)15-10-13-4-3-9-19(13,17)18/h5-8,13,15H,2-4,9-10H2,1H3. The Hall–Kier alpha value is -1.36. The van der Waals surface area contributed by atoms with Gasteiger partial charge in [-0.25, -0.2) is 8.42 Å². The van der Waals surface area contributed by atoms with Gasteiger partial charge < -0.3 is 5.32 Å². The number of nitrogens with one attached hydrogen (secondary N) is 1. The summed E-state index contributed by atoms with van der Waals surface area (Å²) in [6.45, 7) is 2.28. The number of carbonyl (C=O) groups excluding carboxylic acids is 1. The summed E-state index contributed by atoms with van der Waals surface area (Å²) in [5.41, 5.74) is 1.55. The molecule has 0 bridgehead atoms. The molecule has 1 aliphatic rings. The highest BCUT2D eigenvalue weighted by Gasteiger charge is 2.30. The van der Waals surface area contributed by atoms with Crippen molar-refractivity contribution >= 4 is 21.3 Å². The number of Topliss-reactive ketones (excluding diaryl/α,β-unsaturated/α-hetero) is 1. The zero-order valence-electron chi connectivity index (χ0n) is 11.1. The van der Waals surface area contributed by atoms with Gasteiger partial charge in [0.1, 0.15) is 0 Å². The van der Waals surface area contributed by atoms with Gasteiger partial charge in [0, 0.05) is 24.2 Å². The van der Waals surface area contributed by atoms with Crippen molar-refractivity contribution in [1.29, 1.82) is 0 Å². The number of ketones is 1. The van der Waals surface area contributed by atoms with Gasteiger partial charge in [-0.2, -0.15) is 0 Å². The molecule has 1 heterocycles. The van der Waals surface area contributed by atoms with E-state index in [9.17, 15) is 13.2 Å². The summed E-state index contributed by atoms with van der Waals surface area (Å²) in [5, 5.41) is 2.86. The zero-order chi connectivity index (χ0) is 13.9. The lowest BCUT2D eigenvalue weighted by molar-refractivity contribution is 0.0988. The van der Waals surface area contributed by atoms with E-state index in [0.29, 0.717) is 24.3 Å². The van der Waals surface area contributed by atoms with E-state index in [4.69, 9.17) is 0 Å². The van der Waals surface area contributed by atoms with Crippen LogP contribution in [0.2, 0.25) is 0 Å². The number of carbonyl (C=O) groups is 1. The van der Waals surface area contributed by atoms with Crippen molar-refractivity contribution in [3.05, 3.63) is 29.8 Å². The average Bonchev–Trinajstić information content (AvgIpc) is 2.75. The Bertz CT molecular complexity index is 549. The first-order chi connectivity index (χ1) is 9.03. The van der Waals surface area contributed by atoms with Gasteiger partial charge in [-0.05, 0) is 37.1 Å². The molecule has 5 heteroatoms. The van der Waals surface area contributed by atoms with E-state index < -0.39 is 9.84 Å². The largest absolute Gasteiger partial charge is 0.384 e. The average molecular weight is 281 g/mol. The Morgan fingerprint density at radius 1 is 1.32 bits per heavy atom. The third-order valence-corrected chi connectivity index (χ3v) is 5.80. The summed E-state index contributed by atoms with van der Waals surface area (Å²) in [4.78, 5) is 11.5. The van der Waals surface area contributed by atoms with E-state index >= 15 is 0 Å². The monoisotopic (exact) mass is 281 g/mol. The minimum Gasteiger partial charge on any atom is -0.384 e. The van der Waals surface area contributed by atoms with Crippen molar-refractivity contribution in [2.45, 2.75) is 31.4 Å². The van der Waals surface area contributed by atoms with Crippen LogP contribution >= 0.6 is 0 Å². The predicted octanol–water partition coefficient (Wildman–Crippen LogP) is 2.27. The van der Waals surface area contributed by atoms with Crippen molar-refractivity contribution in [3.63, 3.8) is 0 Å². The van der Waals surface area contributed by atoms with Crippen LogP contribution in [0.15, 0.2) is 24.3 Å². The van der Waals surface area contributed by atoms with E-state index in [0.717, 1.165) is 18.5 Å². The minimum atomic E-state index is -2.90. The molecule has 104 valence electrons. The van der Waals surface area contributed by atoms with Crippen LogP contribution < -0.4 is 5.32 Å². The van der Waals surface area contributed by atoms with E-state index in [2.05, 4.69) is 5.32 Å². The molecular formula is C14H19NO3S. The fourth-order valence-electron chi connectivity index (χ4n) is 2.30. The topological polar surface area (TPSA) is 63.2 Å². The van der Waals surface area contributed by atoms with Crippen LogP contribution in [0.3, 0.4) is 0 Å². The second-order valence-electron chi connectivity index (χ2n) is 4.87. The molecule has 1 aromatic rings. The molecule has 19 heavy (non-hydrogen) atoms. The Labute approximate surface area is 114 Å². The number of hydrogen-bond donors (Lipinski definition) is 1. The Kier molecular flexibility index (Phi) is 4.24. The van der Waals surface area contributed by atoms with Crippen LogP contribution in [0.4, 0.5) is 5.69 Å². The van der Waals surface area contributed by atoms with Gasteiger partial charge in [0.2, 0.25) is 0 Å². The van der Waals surface area contributed by atoms with Crippen molar-refractivity contribution in [3.8, 4) is 0 Å². The van der Waals surface area contributed by atoms with E-state index in [-0.39, 0.29) is 11.0 Å². The fraction of sp³-hybridized carbons (Fsp3) is 0.500. The smallest absolute Gasteiger partial charge is 0.162 e. The lowest BCUT2D eigenvalue weighted by Crippen LogP contribution is -2.25. The molecule has 2 rings (SSSR count). The van der Waals surface area contributed by atoms with Gasteiger partial charge in [-0.15, -0.1) is 0 Å². The number of rotatable bonds is 5. The summed E-state index contributed by atoms with van der Waals surface area (Å²) in [6.07, 6.45) is 1.99. The molecular weight excluding hydrogens is 262 g/mol. The zero-order valence-corrected chi connectivity index (χ0v) is 11.9. The van der Waals surface area contributed by atoms with Crippen LogP contribution in [0.1, 0.15) is 36.5 Å². The number of sulfone groups is 1. The van der Waals surface area contributed by atoms with Gasteiger partial charge >= 0.3 is 0 Å². The highest BCUT2D eigenvalue weighted by atomic mass is 32.2. The molecule has 1 fully saturated rings. The van der Waals surface area contributed by atoms with Crippen molar-refractivity contribution in [1.82, 2.24) is 0 Å². The molecule has 0 amide bonds. The van der Waals surface area contributed by atoms with Crippen LogP contribution in [0.25, 0.3) is 0 Å². The number of benzene rings is 1. The molecule has 1 aliphatic heterocycles. The SMILES string of the molecule is CCC(=O)c1ccc(NCC2CCCS2(=O)=O)cc1. The lowest BCUT2D eigenvalue weighted by Gasteiger charge is -2.12. The first-order valence-electron chi connectivity index (χ1n) is 6.61. The highest BCUT2D eigenvalue weighted by Crippen LogP contribution is 2.20. The molecule has 0 spiro atoms. The van der Waals surface area contributed by atoms with Crippen molar-refractivity contribution in [2.24, 2.45) is 0 Å². The maximum Gasteiger partial charge on any atom is 0.162 e. The Balaban J connectivity index is 1.95. The summed E-state index contributed by atoms with van der Waals surface area (Å²) < 4.78 is 23.4. The van der Waals surface area contributed by atoms with E-state index in [1.807, 2.05) is 19.1 Å². The summed E-state index contributed by atoms with van der Waals surface area (Å²) >= 11 is 0. The second kappa shape index (κ2) is 5.74. The first-order valence-corrected chi connectivity index (χ1v) is 8.33. The van der Waals surface area contributed by atoms with Gasteiger partial charge in [-0.3, -0.25) is 4.79 Å². The number of anilines is 1. The maximum atomic E-state index is 11.7. The molecule has 1 atom stereocenters. The predicted molar refractivity (Wildman–Crippen MR) is 76.4 cm³/mol.